The van der Waals surface area contributed by atoms with Crippen molar-refractivity contribution in [3.05, 3.63) is 35.0 Å². The Morgan fingerprint density at radius 3 is 2.18 bits per heavy atom. The third-order valence-corrected chi connectivity index (χ3v) is 0.905. The second kappa shape index (κ2) is 5.16. The van der Waals surface area contributed by atoms with Gasteiger partial charge in [0, 0.05) is 0 Å². The second-order valence-electron chi connectivity index (χ2n) is 1.60. The van der Waals surface area contributed by atoms with Crippen LogP contribution in [0.1, 0.15) is 0 Å². The summed E-state index contributed by atoms with van der Waals surface area (Å²) in [5.41, 5.74) is 5.35. The van der Waals surface area contributed by atoms with Crippen LogP contribution in [0.4, 0.5) is 10.1 Å². The van der Waals surface area contributed by atoms with Crippen molar-refractivity contribution in [3.63, 3.8) is 0 Å². The molecule has 11 heavy (non-hydrogen) atoms. The first kappa shape index (κ1) is 9.35. The van der Waals surface area contributed by atoms with Crippen LogP contribution in [-0.2, 0) is 0 Å². The van der Waals surface area contributed by atoms with E-state index in [0.29, 0.717) is 0 Å². The SMILES string of the molecule is Nc1ccccc1F.O=NO. The van der Waals surface area contributed by atoms with Crippen LogP contribution in [0.15, 0.2) is 29.6 Å². The van der Waals surface area contributed by atoms with Crippen LogP contribution in [0, 0.1) is 10.7 Å². The van der Waals surface area contributed by atoms with Crippen molar-refractivity contribution in [2.45, 2.75) is 0 Å². The van der Waals surface area contributed by atoms with Crippen LogP contribution >= 0.6 is 0 Å². The zero-order chi connectivity index (χ0) is 8.69. The molecule has 0 unspecified atom stereocenters. The predicted octanol–water partition coefficient (Wildman–Crippen LogP) is 1.55. The van der Waals surface area contributed by atoms with E-state index in [1.807, 2.05) is 0 Å². The largest absolute Gasteiger partial charge is 0.396 e. The first-order valence-electron chi connectivity index (χ1n) is 2.69. The van der Waals surface area contributed by atoms with Gasteiger partial charge in [-0.15, -0.1) is 4.91 Å². The molecule has 0 fully saturated rings. The van der Waals surface area contributed by atoms with E-state index in [4.69, 9.17) is 15.8 Å². The number of hydrogen-bond acceptors (Lipinski definition) is 3. The fraction of sp³-hybridized carbons (Fsp3) is 0. The minimum atomic E-state index is -0.354. The summed E-state index contributed by atoms with van der Waals surface area (Å²) in [5.74, 6) is -0.354. The summed E-state index contributed by atoms with van der Waals surface area (Å²) >= 11 is 0. The molecule has 5 heteroatoms. The normalized spacial score (nSPS) is 7.73. The zero-order valence-corrected chi connectivity index (χ0v) is 5.57. The average molecular weight is 158 g/mol. The van der Waals surface area contributed by atoms with E-state index in [2.05, 4.69) is 0 Å². The number of rotatable bonds is 0. The summed E-state index contributed by atoms with van der Waals surface area (Å²) in [7, 11) is 0. The number of anilines is 1. The summed E-state index contributed by atoms with van der Waals surface area (Å²) in [5, 5.41) is 7.89. The molecular weight excluding hydrogens is 151 g/mol. The fourth-order valence-corrected chi connectivity index (χ4v) is 0.475. The van der Waals surface area contributed by atoms with E-state index in [1.165, 1.54) is 17.5 Å². The number of halogens is 1. The molecule has 0 bridgehead atoms. The average Bonchev–Trinajstić information content (AvgIpc) is 1.97. The summed E-state index contributed by atoms with van der Waals surface area (Å²) in [6, 6.07) is 6.15. The number of benzene rings is 1. The van der Waals surface area contributed by atoms with E-state index in [1.54, 1.807) is 12.1 Å². The van der Waals surface area contributed by atoms with Crippen molar-refractivity contribution in [2.75, 3.05) is 5.73 Å². The highest BCUT2D eigenvalue weighted by atomic mass is 19.1. The topological polar surface area (TPSA) is 75.7 Å². The molecular formula is C6H7FN2O2. The predicted molar refractivity (Wildman–Crippen MR) is 38.4 cm³/mol. The monoisotopic (exact) mass is 158 g/mol. The van der Waals surface area contributed by atoms with Gasteiger partial charge in [-0.25, -0.2) is 4.39 Å². The van der Waals surface area contributed by atoms with Gasteiger partial charge in [0.15, 0.2) is 5.34 Å². The molecule has 0 atom stereocenters. The van der Waals surface area contributed by atoms with Crippen molar-refractivity contribution >= 4 is 5.69 Å². The van der Waals surface area contributed by atoms with Crippen molar-refractivity contribution in [1.82, 2.24) is 0 Å². The van der Waals surface area contributed by atoms with E-state index in [0.717, 1.165) is 0 Å². The molecule has 0 spiro atoms. The number of para-hydroxylation sites is 1. The Hall–Kier alpha value is -1.65. The summed E-state index contributed by atoms with van der Waals surface area (Å²) in [6.45, 7) is 0. The lowest BCUT2D eigenvalue weighted by Crippen LogP contribution is -1.86. The first-order chi connectivity index (χ1) is 5.22. The van der Waals surface area contributed by atoms with Gasteiger partial charge in [0.2, 0.25) is 0 Å². The summed E-state index contributed by atoms with van der Waals surface area (Å²) < 4.78 is 12.2. The molecule has 0 aliphatic rings. The molecule has 0 aromatic heterocycles. The number of nitrogens with zero attached hydrogens (tertiary/aromatic N) is 1. The fourth-order valence-electron chi connectivity index (χ4n) is 0.475. The molecule has 0 radical (unpaired) electrons. The minimum Gasteiger partial charge on any atom is -0.396 e. The van der Waals surface area contributed by atoms with Gasteiger partial charge in [-0.1, -0.05) is 12.1 Å². The third-order valence-electron chi connectivity index (χ3n) is 0.905. The highest BCUT2D eigenvalue weighted by Gasteiger charge is 1.89. The van der Waals surface area contributed by atoms with Gasteiger partial charge in [-0.05, 0) is 12.1 Å². The number of nitrogen functional groups attached to an aromatic ring is 1. The maximum Gasteiger partial charge on any atom is 0.152 e. The van der Waals surface area contributed by atoms with Crippen LogP contribution in [0.25, 0.3) is 0 Å². The Labute approximate surface area is 62.4 Å². The third kappa shape index (κ3) is 3.85. The molecule has 4 nitrogen and oxygen atoms in total. The van der Waals surface area contributed by atoms with Crippen LogP contribution in [0.3, 0.4) is 0 Å². The van der Waals surface area contributed by atoms with E-state index < -0.39 is 0 Å². The molecule has 0 aliphatic carbocycles. The zero-order valence-electron chi connectivity index (χ0n) is 5.57. The highest BCUT2D eigenvalue weighted by Crippen LogP contribution is 2.05. The molecule has 0 aliphatic heterocycles. The van der Waals surface area contributed by atoms with Crippen molar-refractivity contribution in [1.29, 1.82) is 0 Å². The van der Waals surface area contributed by atoms with Gasteiger partial charge in [-0.2, -0.15) is 0 Å². The van der Waals surface area contributed by atoms with Crippen LogP contribution < -0.4 is 5.73 Å². The quantitative estimate of drug-likeness (QED) is 0.341. The Kier molecular flexibility index (Phi) is 4.39. The number of hydrogen-bond donors (Lipinski definition) is 2. The van der Waals surface area contributed by atoms with Gasteiger partial charge in [0.05, 0.1) is 5.69 Å². The minimum absolute atomic E-state index is 0.201. The Bertz CT molecular complexity index is 209. The molecule has 0 heterocycles. The van der Waals surface area contributed by atoms with Gasteiger partial charge in [0.25, 0.3) is 0 Å². The van der Waals surface area contributed by atoms with Gasteiger partial charge in [-0.3, -0.25) is 0 Å². The second-order valence-corrected chi connectivity index (χ2v) is 1.60. The van der Waals surface area contributed by atoms with Crippen molar-refractivity contribution in [2.24, 2.45) is 5.34 Å². The van der Waals surface area contributed by atoms with Gasteiger partial charge >= 0.3 is 0 Å². The van der Waals surface area contributed by atoms with E-state index >= 15 is 0 Å². The molecule has 1 rings (SSSR count). The summed E-state index contributed by atoms with van der Waals surface area (Å²) in [6.07, 6.45) is 0. The van der Waals surface area contributed by atoms with Crippen LogP contribution in [-0.4, -0.2) is 5.21 Å². The highest BCUT2D eigenvalue weighted by molar-refractivity contribution is 5.38. The van der Waals surface area contributed by atoms with Gasteiger partial charge in [0.1, 0.15) is 5.82 Å². The lowest BCUT2D eigenvalue weighted by atomic mass is 10.3. The number of nitrogens with two attached hydrogens (primary N) is 1. The van der Waals surface area contributed by atoms with Crippen molar-refractivity contribution in [3.8, 4) is 0 Å². The lowest BCUT2D eigenvalue weighted by molar-refractivity contribution is 0.312. The first-order valence-corrected chi connectivity index (χ1v) is 2.69. The maximum absolute atomic E-state index is 12.2. The standard InChI is InChI=1S/C6H6FN.HNO2/c7-5-3-1-2-4-6(5)8;2-1-3/h1-4H,8H2;(H,2,3). The Morgan fingerprint density at radius 2 is 1.91 bits per heavy atom. The smallest absolute Gasteiger partial charge is 0.152 e. The maximum atomic E-state index is 12.2. The van der Waals surface area contributed by atoms with Crippen molar-refractivity contribution < 1.29 is 9.60 Å². The molecule has 0 saturated carbocycles. The summed E-state index contributed by atoms with van der Waals surface area (Å²) in [4.78, 5) is 8.11. The van der Waals surface area contributed by atoms with Crippen LogP contribution in [0.2, 0.25) is 0 Å². The van der Waals surface area contributed by atoms with Crippen LogP contribution in [0.5, 0.6) is 0 Å². The lowest BCUT2D eigenvalue weighted by Gasteiger charge is -1.89. The van der Waals surface area contributed by atoms with E-state index in [-0.39, 0.29) is 11.5 Å². The van der Waals surface area contributed by atoms with E-state index in [9.17, 15) is 4.39 Å². The Balaban J connectivity index is 0.000000292. The molecule has 1 aromatic rings. The molecule has 60 valence electrons. The van der Waals surface area contributed by atoms with Gasteiger partial charge < -0.3 is 10.9 Å². The Morgan fingerprint density at radius 1 is 1.45 bits per heavy atom. The molecule has 0 amide bonds. The molecule has 0 saturated heterocycles. The molecule has 1 aromatic carbocycles. The molecule has 3 N–H and O–H groups in total.